The Labute approximate surface area is 153 Å². The molecule has 0 fully saturated rings. The van der Waals surface area contributed by atoms with E-state index in [2.05, 4.69) is 13.8 Å². The number of rotatable bonds is 20. The Morgan fingerprint density at radius 1 is 0.375 bits per heavy atom. The van der Waals surface area contributed by atoms with Gasteiger partial charge < -0.3 is 10.2 Å². The van der Waals surface area contributed by atoms with Gasteiger partial charge in [0.1, 0.15) is 0 Å². The van der Waals surface area contributed by atoms with Crippen LogP contribution in [0.5, 0.6) is 0 Å². The fraction of sp³-hybridized carbons (Fsp3) is 1.00. The van der Waals surface area contributed by atoms with Crippen molar-refractivity contribution in [1.29, 1.82) is 0 Å². The molecule has 0 radical (unpaired) electrons. The third kappa shape index (κ3) is 24.2. The zero-order valence-electron chi connectivity index (χ0n) is 17.1. The van der Waals surface area contributed by atoms with Crippen LogP contribution < -0.4 is 0 Å². The van der Waals surface area contributed by atoms with Crippen molar-refractivity contribution in [3.63, 3.8) is 0 Å². The molecule has 148 valence electrons. The van der Waals surface area contributed by atoms with Crippen molar-refractivity contribution in [2.75, 3.05) is 13.2 Å². The second-order valence-electron chi connectivity index (χ2n) is 7.27. The molecule has 0 aromatic heterocycles. The standard InChI is InChI=1S/C22H46O.H2O/c1-3-5-7-9-11-13-14-16-18-20-22-23-21-19-17-15-12-10-8-6-4-2;/h3-22H2,1-2H3;1H2. The minimum atomic E-state index is 0. The summed E-state index contributed by atoms with van der Waals surface area (Å²) in [7, 11) is 0. The molecule has 0 aromatic rings. The molecular formula is C22H48O2. The molecule has 2 nitrogen and oxygen atoms in total. The van der Waals surface area contributed by atoms with Gasteiger partial charge in [-0.2, -0.15) is 0 Å². The third-order valence-corrected chi connectivity index (χ3v) is 4.78. The first-order valence-corrected chi connectivity index (χ1v) is 11.0. The van der Waals surface area contributed by atoms with Crippen LogP contribution in [-0.2, 0) is 4.74 Å². The first kappa shape index (κ1) is 26.2. The zero-order chi connectivity index (χ0) is 16.8. The molecule has 0 aromatic carbocycles. The van der Waals surface area contributed by atoms with Crippen LogP contribution in [0.2, 0.25) is 0 Å². The SMILES string of the molecule is CCCCCCCCCCCCOCCCCCCCCCC.O. The highest BCUT2D eigenvalue weighted by atomic mass is 16.5. The predicted octanol–water partition coefficient (Wildman–Crippen LogP) is 7.24. The highest BCUT2D eigenvalue weighted by Gasteiger charge is 1.94. The van der Waals surface area contributed by atoms with Gasteiger partial charge in [0, 0.05) is 13.2 Å². The highest BCUT2D eigenvalue weighted by Crippen LogP contribution is 2.11. The quantitative estimate of drug-likeness (QED) is 0.215. The summed E-state index contributed by atoms with van der Waals surface area (Å²) in [6.45, 7) is 6.56. The minimum Gasteiger partial charge on any atom is -0.412 e. The Morgan fingerprint density at radius 3 is 0.917 bits per heavy atom. The van der Waals surface area contributed by atoms with E-state index in [1.807, 2.05) is 0 Å². The summed E-state index contributed by atoms with van der Waals surface area (Å²) in [6.07, 6.45) is 25.2. The zero-order valence-corrected chi connectivity index (χ0v) is 17.1. The van der Waals surface area contributed by atoms with Gasteiger partial charge in [0.25, 0.3) is 0 Å². The van der Waals surface area contributed by atoms with E-state index < -0.39 is 0 Å². The Hall–Kier alpha value is -0.0800. The van der Waals surface area contributed by atoms with Gasteiger partial charge in [0.15, 0.2) is 0 Å². The minimum absolute atomic E-state index is 0. The molecule has 2 N–H and O–H groups in total. The summed E-state index contributed by atoms with van der Waals surface area (Å²) < 4.78 is 5.75. The summed E-state index contributed by atoms with van der Waals surface area (Å²) in [4.78, 5) is 0. The third-order valence-electron chi connectivity index (χ3n) is 4.78. The van der Waals surface area contributed by atoms with Gasteiger partial charge in [-0.3, -0.25) is 0 Å². The van der Waals surface area contributed by atoms with Crippen LogP contribution in [0.3, 0.4) is 0 Å². The topological polar surface area (TPSA) is 40.7 Å². The summed E-state index contributed by atoms with van der Waals surface area (Å²) in [5.41, 5.74) is 0. The lowest BCUT2D eigenvalue weighted by atomic mass is 10.1. The van der Waals surface area contributed by atoms with Gasteiger partial charge in [-0.15, -0.1) is 0 Å². The van der Waals surface area contributed by atoms with E-state index >= 15 is 0 Å². The maximum absolute atomic E-state index is 5.75. The van der Waals surface area contributed by atoms with E-state index in [1.54, 1.807) is 0 Å². The van der Waals surface area contributed by atoms with Crippen LogP contribution in [0.1, 0.15) is 129 Å². The van der Waals surface area contributed by atoms with E-state index in [4.69, 9.17) is 4.74 Å². The smallest absolute Gasteiger partial charge is 0.0466 e. The van der Waals surface area contributed by atoms with Gasteiger partial charge in [-0.1, -0.05) is 117 Å². The van der Waals surface area contributed by atoms with E-state index in [9.17, 15) is 0 Å². The number of ether oxygens (including phenoxy) is 1. The first-order valence-electron chi connectivity index (χ1n) is 11.0. The van der Waals surface area contributed by atoms with Crippen molar-refractivity contribution in [1.82, 2.24) is 0 Å². The number of hydrogen-bond acceptors (Lipinski definition) is 1. The van der Waals surface area contributed by atoms with Crippen molar-refractivity contribution >= 4 is 0 Å². The molecule has 0 atom stereocenters. The number of hydrogen-bond donors (Lipinski definition) is 0. The molecular weight excluding hydrogens is 296 g/mol. The van der Waals surface area contributed by atoms with E-state index in [0.29, 0.717) is 0 Å². The normalized spacial score (nSPS) is 10.8. The summed E-state index contributed by atoms with van der Waals surface area (Å²) in [5, 5.41) is 0. The van der Waals surface area contributed by atoms with Crippen molar-refractivity contribution in [3.05, 3.63) is 0 Å². The monoisotopic (exact) mass is 344 g/mol. The maximum atomic E-state index is 5.75. The average molecular weight is 345 g/mol. The van der Waals surface area contributed by atoms with Gasteiger partial charge in [-0.05, 0) is 12.8 Å². The molecule has 0 saturated heterocycles. The van der Waals surface area contributed by atoms with E-state index in [-0.39, 0.29) is 5.48 Å². The Bertz CT molecular complexity index is 174. The lowest BCUT2D eigenvalue weighted by Crippen LogP contribution is -1.97. The molecule has 24 heavy (non-hydrogen) atoms. The Morgan fingerprint density at radius 2 is 0.625 bits per heavy atom. The maximum Gasteiger partial charge on any atom is 0.0466 e. The fourth-order valence-electron chi connectivity index (χ4n) is 3.13. The largest absolute Gasteiger partial charge is 0.412 e. The molecule has 0 bridgehead atoms. The Balaban J connectivity index is 0. The molecule has 0 spiro atoms. The molecule has 0 heterocycles. The molecule has 0 amide bonds. The summed E-state index contributed by atoms with van der Waals surface area (Å²) in [5.74, 6) is 0. The van der Waals surface area contributed by atoms with Crippen molar-refractivity contribution in [2.24, 2.45) is 0 Å². The van der Waals surface area contributed by atoms with Crippen LogP contribution in [0, 0.1) is 0 Å². The predicted molar refractivity (Wildman–Crippen MR) is 109 cm³/mol. The van der Waals surface area contributed by atoms with Gasteiger partial charge >= 0.3 is 0 Å². The molecule has 0 aliphatic carbocycles. The summed E-state index contributed by atoms with van der Waals surface area (Å²) in [6, 6.07) is 0. The van der Waals surface area contributed by atoms with Crippen LogP contribution in [0.25, 0.3) is 0 Å². The van der Waals surface area contributed by atoms with Gasteiger partial charge in [0.05, 0.1) is 0 Å². The lowest BCUT2D eigenvalue weighted by Gasteiger charge is -2.05. The molecule has 0 aliphatic heterocycles. The van der Waals surface area contributed by atoms with E-state index in [1.165, 1.54) is 116 Å². The molecule has 0 aliphatic rings. The van der Waals surface area contributed by atoms with Crippen LogP contribution >= 0.6 is 0 Å². The van der Waals surface area contributed by atoms with Crippen molar-refractivity contribution < 1.29 is 10.2 Å². The average Bonchev–Trinajstić information content (AvgIpc) is 2.57. The van der Waals surface area contributed by atoms with Gasteiger partial charge in [-0.25, -0.2) is 0 Å². The first-order chi connectivity index (χ1) is 11.4. The highest BCUT2D eigenvalue weighted by molar-refractivity contribution is 4.48. The second kappa shape index (κ2) is 25.2. The van der Waals surface area contributed by atoms with E-state index in [0.717, 1.165) is 13.2 Å². The Kier molecular flexibility index (Phi) is 27.4. The molecule has 2 heteroatoms. The van der Waals surface area contributed by atoms with Crippen molar-refractivity contribution in [3.8, 4) is 0 Å². The van der Waals surface area contributed by atoms with Crippen LogP contribution in [-0.4, -0.2) is 18.7 Å². The van der Waals surface area contributed by atoms with Crippen LogP contribution in [0.4, 0.5) is 0 Å². The molecule has 0 saturated carbocycles. The molecule has 0 rings (SSSR count). The number of unbranched alkanes of at least 4 members (excludes halogenated alkanes) is 16. The van der Waals surface area contributed by atoms with Gasteiger partial charge in [0.2, 0.25) is 0 Å². The summed E-state index contributed by atoms with van der Waals surface area (Å²) >= 11 is 0. The van der Waals surface area contributed by atoms with Crippen LogP contribution in [0.15, 0.2) is 0 Å². The second-order valence-corrected chi connectivity index (χ2v) is 7.27. The molecule has 0 unspecified atom stereocenters. The fourth-order valence-corrected chi connectivity index (χ4v) is 3.13. The van der Waals surface area contributed by atoms with Crippen molar-refractivity contribution in [2.45, 2.75) is 129 Å². The lowest BCUT2D eigenvalue weighted by molar-refractivity contribution is 0.125.